The van der Waals surface area contributed by atoms with Crippen molar-refractivity contribution in [3.63, 3.8) is 0 Å². The molecule has 3 heterocycles. The number of sulfonamides is 1. The number of methoxy groups -OCH3 is 1. The van der Waals surface area contributed by atoms with Gasteiger partial charge in [-0.25, -0.2) is 8.42 Å². The largest absolute Gasteiger partial charge is 0.495 e. The average molecular weight is 440 g/mol. The highest BCUT2D eigenvalue weighted by molar-refractivity contribution is 7.92. The normalized spacial score (nSPS) is 13.2. The zero-order chi connectivity index (χ0) is 21.6. The number of aryl methyl sites for hydroxylation is 1. The molecule has 1 aliphatic rings. The first kappa shape index (κ1) is 19.4. The summed E-state index contributed by atoms with van der Waals surface area (Å²) in [5.74, 6) is 0.922. The molecule has 1 N–H and O–H groups in total. The van der Waals surface area contributed by atoms with Gasteiger partial charge in [0.1, 0.15) is 21.8 Å². The molecule has 0 aliphatic carbocycles. The van der Waals surface area contributed by atoms with Gasteiger partial charge in [-0.05, 0) is 42.3 Å². The second-order valence-corrected chi connectivity index (χ2v) is 8.96. The van der Waals surface area contributed by atoms with Crippen LogP contribution in [-0.2, 0) is 23.0 Å². The molecule has 0 amide bonds. The molecule has 0 unspecified atom stereocenters. The Morgan fingerprint density at radius 1 is 1.29 bits per heavy atom. The quantitative estimate of drug-likeness (QED) is 0.491. The van der Waals surface area contributed by atoms with Crippen LogP contribution in [0.25, 0.3) is 11.0 Å². The lowest BCUT2D eigenvalue weighted by atomic mass is 10.0. The van der Waals surface area contributed by atoms with Crippen LogP contribution in [0.15, 0.2) is 52.1 Å². The fraction of sp³-hybridized carbons (Fsp3) is 0.238. The average Bonchev–Trinajstić information content (AvgIpc) is 3.49. The first-order chi connectivity index (χ1) is 15.0. The fourth-order valence-corrected chi connectivity index (χ4v) is 5.07. The molecule has 0 spiro atoms. The summed E-state index contributed by atoms with van der Waals surface area (Å²) in [5, 5.41) is 8.75. The van der Waals surface area contributed by atoms with Gasteiger partial charge in [0.25, 0.3) is 10.0 Å². The van der Waals surface area contributed by atoms with Gasteiger partial charge < -0.3 is 14.0 Å². The van der Waals surface area contributed by atoms with E-state index in [1.165, 1.54) is 7.11 Å². The van der Waals surface area contributed by atoms with Crippen LogP contribution in [0.3, 0.4) is 0 Å². The maximum absolute atomic E-state index is 13.1. The van der Waals surface area contributed by atoms with Crippen LogP contribution in [0.1, 0.15) is 16.7 Å². The lowest BCUT2D eigenvalue weighted by Gasteiger charge is -2.12. The molecule has 5 rings (SSSR count). The predicted molar refractivity (Wildman–Crippen MR) is 113 cm³/mol. The SMILES string of the molecule is COc1ccc(C)cc1S(=O)(=O)Nc1noc2cc(Cn3cccn3)c3c(c12)OCC3. The van der Waals surface area contributed by atoms with E-state index in [2.05, 4.69) is 15.0 Å². The summed E-state index contributed by atoms with van der Waals surface area (Å²) in [6.45, 7) is 2.87. The third-order valence-electron chi connectivity index (χ3n) is 5.24. The molecule has 0 saturated carbocycles. The molecule has 1 aliphatic heterocycles. The van der Waals surface area contributed by atoms with Crippen molar-refractivity contribution in [2.24, 2.45) is 0 Å². The number of ether oxygens (including phenoxy) is 2. The van der Waals surface area contributed by atoms with Crippen LogP contribution >= 0.6 is 0 Å². The minimum absolute atomic E-state index is 0.0269. The van der Waals surface area contributed by atoms with Crippen molar-refractivity contribution in [1.29, 1.82) is 0 Å². The van der Waals surface area contributed by atoms with E-state index >= 15 is 0 Å². The monoisotopic (exact) mass is 440 g/mol. The molecule has 2 aromatic heterocycles. The number of hydrogen-bond acceptors (Lipinski definition) is 7. The Bertz CT molecular complexity index is 1380. The Morgan fingerprint density at radius 3 is 2.94 bits per heavy atom. The van der Waals surface area contributed by atoms with Gasteiger partial charge in [0, 0.05) is 24.4 Å². The Kier molecular flexibility index (Phi) is 4.58. The number of nitrogens with zero attached hydrogens (tertiary/aromatic N) is 3. The molecule has 9 nitrogen and oxygen atoms in total. The smallest absolute Gasteiger partial charge is 0.266 e. The third-order valence-corrected chi connectivity index (χ3v) is 6.60. The van der Waals surface area contributed by atoms with Crippen LogP contribution in [0.4, 0.5) is 5.82 Å². The van der Waals surface area contributed by atoms with E-state index in [0.29, 0.717) is 36.3 Å². The van der Waals surface area contributed by atoms with Gasteiger partial charge in [-0.3, -0.25) is 9.40 Å². The first-order valence-electron chi connectivity index (χ1n) is 9.68. The van der Waals surface area contributed by atoms with Crippen LogP contribution in [0, 0.1) is 6.92 Å². The van der Waals surface area contributed by atoms with Gasteiger partial charge >= 0.3 is 0 Å². The van der Waals surface area contributed by atoms with Gasteiger partial charge in [-0.2, -0.15) is 5.10 Å². The summed E-state index contributed by atoms with van der Waals surface area (Å²) in [6, 6.07) is 8.67. The molecule has 160 valence electrons. The minimum atomic E-state index is -3.98. The predicted octanol–water partition coefficient (Wildman–Crippen LogP) is 3.13. The first-order valence-corrected chi connectivity index (χ1v) is 11.2. The van der Waals surface area contributed by atoms with Crippen molar-refractivity contribution >= 4 is 26.8 Å². The van der Waals surface area contributed by atoms with E-state index in [-0.39, 0.29) is 16.5 Å². The summed E-state index contributed by atoms with van der Waals surface area (Å²) in [4.78, 5) is 0.0269. The van der Waals surface area contributed by atoms with Gasteiger partial charge in [-0.15, -0.1) is 0 Å². The summed E-state index contributed by atoms with van der Waals surface area (Å²) >= 11 is 0. The van der Waals surface area contributed by atoms with Crippen LogP contribution in [0.5, 0.6) is 11.5 Å². The maximum Gasteiger partial charge on any atom is 0.266 e. The second-order valence-electron chi connectivity index (χ2n) is 7.31. The number of aromatic nitrogens is 3. The molecule has 2 aromatic carbocycles. The zero-order valence-corrected chi connectivity index (χ0v) is 17.8. The third kappa shape index (κ3) is 3.38. The molecule has 10 heteroatoms. The van der Waals surface area contributed by atoms with E-state index in [1.807, 2.05) is 29.9 Å². The lowest BCUT2D eigenvalue weighted by Crippen LogP contribution is -2.15. The molecule has 0 radical (unpaired) electrons. The van der Waals surface area contributed by atoms with Crippen LogP contribution in [0.2, 0.25) is 0 Å². The molecule has 0 saturated heterocycles. The summed E-state index contributed by atoms with van der Waals surface area (Å²) in [6.07, 6.45) is 4.31. The molecular formula is C21H20N4O5S. The molecular weight excluding hydrogens is 420 g/mol. The molecule has 31 heavy (non-hydrogen) atoms. The van der Waals surface area contributed by atoms with Gasteiger partial charge in [0.15, 0.2) is 11.4 Å². The van der Waals surface area contributed by atoms with Crippen LogP contribution < -0.4 is 14.2 Å². The van der Waals surface area contributed by atoms with Gasteiger partial charge in [0.2, 0.25) is 0 Å². The van der Waals surface area contributed by atoms with Crippen molar-refractivity contribution in [2.75, 3.05) is 18.4 Å². The minimum Gasteiger partial charge on any atom is -0.495 e. The van der Waals surface area contributed by atoms with Gasteiger partial charge in [0.05, 0.1) is 20.3 Å². The van der Waals surface area contributed by atoms with Gasteiger partial charge in [-0.1, -0.05) is 11.2 Å². The zero-order valence-electron chi connectivity index (χ0n) is 17.0. The lowest BCUT2D eigenvalue weighted by molar-refractivity contribution is 0.360. The highest BCUT2D eigenvalue weighted by atomic mass is 32.2. The van der Waals surface area contributed by atoms with E-state index < -0.39 is 10.0 Å². The van der Waals surface area contributed by atoms with E-state index in [4.69, 9.17) is 14.0 Å². The summed E-state index contributed by atoms with van der Waals surface area (Å²) in [5.41, 5.74) is 3.23. The highest BCUT2D eigenvalue weighted by Gasteiger charge is 2.28. The molecule has 0 fully saturated rings. The van der Waals surface area contributed by atoms with E-state index in [0.717, 1.165) is 16.7 Å². The van der Waals surface area contributed by atoms with Crippen molar-refractivity contribution in [2.45, 2.75) is 24.8 Å². The topological polar surface area (TPSA) is 108 Å². The Morgan fingerprint density at radius 2 is 2.16 bits per heavy atom. The molecule has 0 atom stereocenters. The number of rotatable bonds is 6. The maximum atomic E-state index is 13.1. The highest BCUT2D eigenvalue weighted by Crippen LogP contribution is 2.41. The summed E-state index contributed by atoms with van der Waals surface area (Å²) in [7, 11) is -2.55. The van der Waals surface area contributed by atoms with Crippen molar-refractivity contribution in [3.8, 4) is 11.5 Å². The Balaban J connectivity index is 1.58. The molecule has 0 bridgehead atoms. The van der Waals surface area contributed by atoms with Crippen molar-refractivity contribution in [1.82, 2.24) is 14.9 Å². The fourth-order valence-electron chi connectivity index (χ4n) is 3.81. The summed E-state index contributed by atoms with van der Waals surface area (Å²) < 4.78 is 47.2. The van der Waals surface area contributed by atoms with Crippen molar-refractivity contribution in [3.05, 3.63) is 59.4 Å². The standard InChI is InChI=1S/C21H20N4O5S/c1-13-4-5-16(28-2)18(10-13)31(26,27)24-21-19-17(30-23-21)11-14(12-25-8-3-7-22-25)15-6-9-29-20(15)19/h3-5,7-8,10-11H,6,9,12H2,1-2H3,(H,23,24). The number of benzene rings is 2. The second kappa shape index (κ2) is 7.31. The number of fused-ring (bicyclic) bond motifs is 3. The van der Waals surface area contributed by atoms with E-state index in [9.17, 15) is 8.42 Å². The number of anilines is 1. The molecule has 4 aromatic rings. The Hall–Kier alpha value is -3.53. The number of hydrogen-bond donors (Lipinski definition) is 1. The van der Waals surface area contributed by atoms with Crippen LogP contribution in [-0.4, -0.2) is 37.1 Å². The van der Waals surface area contributed by atoms with E-state index in [1.54, 1.807) is 24.4 Å². The van der Waals surface area contributed by atoms with Crippen molar-refractivity contribution < 1.29 is 22.4 Å². The number of nitrogens with one attached hydrogen (secondary N) is 1. The Labute approximate surface area is 178 Å².